The van der Waals surface area contributed by atoms with Crippen LogP contribution < -0.4 is 5.32 Å². The lowest BCUT2D eigenvalue weighted by Gasteiger charge is -1.94. The second kappa shape index (κ2) is 5.81. The Balaban J connectivity index is 1.97. The molecule has 2 aromatic heterocycles. The molecule has 0 aliphatic rings. The van der Waals surface area contributed by atoms with Gasteiger partial charge in [-0.2, -0.15) is 5.10 Å². The standard InChI is InChI=1S/C11H8BrN3O3S/c12-8-3-1-6(19-8)2-4-10(16)13-9-5-7(11(17)18)14-15-9/h1-5H,(H,17,18)(H2,13,14,15,16)/b4-2+. The van der Waals surface area contributed by atoms with Crippen molar-refractivity contribution >= 4 is 51.0 Å². The Hall–Kier alpha value is -1.93. The number of aromatic amines is 1. The maximum Gasteiger partial charge on any atom is 0.353 e. The molecule has 3 N–H and O–H groups in total. The van der Waals surface area contributed by atoms with E-state index in [1.54, 1.807) is 6.08 Å². The molecular weight excluding hydrogens is 334 g/mol. The number of hydrogen-bond acceptors (Lipinski definition) is 4. The second-order valence-corrected chi connectivity index (χ2v) is 5.93. The highest BCUT2D eigenvalue weighted by atomic mass is 79.9. The third kappa shape index (κ3) is 3.76. The van der Waals surface area contributed by atoms with E-state index in [9.17, 15) is 9.59 Å². The summed E-state index contributed by atoms with van der Waals surface area (Å²) in [6.45, 7) is 0. The molecule has 2 aromatic rings. The third-order valence-corrected chi connectivity index (χ3v) is 3.64. The van der Waals surface area contributed by atoms with Gasteiger partial charge in [-0.3, -0.25) is 9.89 Å². The predicted molar refractivity (Wildman–Crippen MR) is 75.2 cm³/mol. The summed E-state index contributed by atoms with van der Waals surface area (Å²) in [6.07, 6.45) is 3.02. The molecule has 0 radical (unpaired) electrons. The summed E-state index contributed by atoms with van der Waals surface area (Å²) in [5.41, 5.74) is -0.0820. The van der Waals surface area contributed by atoms with Gasteiger partial charge in [-0.05, 0) is 34.1 Å². The van der Waals surface area contributed by atoms with Crippen LogP contribution in [0.2, 0.25) is 0 Å². The maximum atomic E-state index is 11.6. The normalized spacial score (nSPS) is 10.8. The number of nitrogens with zero attached hydrogens (tertiary/aromatic N) is 1. The molecule has 0 spiro atoms. The fourth-order valence-electron chi connectivity index (χ4n) is 1.24. The molecular formula is C11H8BrN3O3S. The van der Waals surface area contributed by atoms with Crippen molar-refractivity contribution in [3.63, 3.8) is 0 Å². The molecule has 0 aliphatic carbocycles. The van der Waals surface area contributed by atoms with E-state index in [0.717, 1.165) is 8.66 Å². The summed E-state index contributed by atoms with van der Waals surface area (Å²) in [5, 5.41) is 17.1. The van der Waals surface area contributed by atoms with Crippen LogP contribution in [0.15, 0.2) is 28.1 Å². The smallest absolute Gasteiger partial charge is 0.353 e. The van der Waals surface area contributed by atoms with Gasteiger partial charge in [0, 0.05) is 17.0 Å². The molecule has 0 aromatic carbocycles. The summed E-state index contributed by atoms with van der Waals surface area (Å²) in [7, 11) is 0. The van der Waals surface area contributed by atoms with Gasteiger partial charge in [0.2, 0.25) is 5.91 Å². The van der Waals surface area contributed by atoms with E-state index < -0.39 is 5.97 Å². The van der Waals surface area contributed by atoms with E-state index in [1.807, 2.05) is 12.1 Å². The van der Waals surface area contributed by atoms with Gasteiger partial charge in [0.15, 0.2) is 5.82 Å². The van der Waals surface area contributed by atoms with Gasteiger partial charge in [-0.25, -0.2) is 4.79 Å². The monoisotopic (exact) mass is 341 g/mol. The number of amides is 1. The van der Waals surface area contributed by atoms with Gasteiger partial charge in [0.25, 0.3) is 0 Å². The van der Waals surface area contributed by atoms with E-state index in [-0.39, 0.29) is 17.4 Å². The Labute approximate surface area is 120 Å². The number of carbonyl (C=O) groups is 2. The lowest BCUT2D eigenvalue weighted by Crippen LogP contribution is -2.07. The van der Waals surface area contributed by atoms with E-state index in [1.165, 1.54) is 23.5 Å². The number of H-pyrrole nitrogens is 1. The van der Waals surface area contributed by atoms with Crippen LogP contribution >= 0.6 is 27.3 Å². The predicted octanol–water partition coefficient (Wildman–Crippen LogP) is 2.58. The molecule has 0 aliphatic heterocycles. The van der Waals surface area contributed by atoms with Crippen molar-refractivity contribution in [2.45, 2.75) is 0 Å². The maximum absolute atomic E-state index is 11.6. The molecule has 19 heavy (non-hydrogen) atoms. The molecule has 1 amide bonds. The number of rotatable bonds is 4. The number of aromatic nitrogens is 2. The first-order valence-corrected chi connectivity index (χ1v) is 6.68. The zero-order valence-corrected chi connectivity index (χ0v) is 11.8. The number of anilines is 1. The van der Waals surface area contributed by atoms with E-state index in [2.05, 4.69) is 31.4 Å². The molecule has 2 heterocycles. The zero-order chi connectivity index (χ0) is 13.8. The highest BCUT2D eigenvalue weighted by Gasteiger charge is 2.08. The summed E-state index contributed by atoms with van der Waals surface area (Å²) >= 11 is 4.82. The average Bonchev–Trinajstić information content (AvgIpc) is 2.96. The average molecular weight is 342 g/mol. The highest BCUT2D eigenvalue weighted by Crippen LogP contribution is 2.22. The van der Waals surface area contributed by atoms with Crippen molar-refractivity contribution in [2.24, 2.45) is 0 Å². The van der Waals surface area contributed by atoms with Crippen LogP contribution in [-0.4, -0.2) is 27.2 Å². The summed E-state index contributed by atoms with van der Waals surface area (Å²) in [4.78, 5) is 23.1. The van der Waals surface area contributed by atoms with Crippen LogP contribution in [0.25, 0.3) is 6.08 Å². The van der Waals surface area contributed by atoms with Gasteiger partial charge in [-0.15, -0.1) is 11.3 Å². The largest absolute Gasteiger partial charge is 0.477 e. The number of carboxylic acid groups (broad SMARTS) is 1. The minimum Gasteiger partial charge on any atom is -0.477 e. The molecule has 0 unspecified atom stereocenters. The molecule has 6 nitrogen and oxygen atoms in total. The van der Waals surface area contributed by atoms with Crippen LogP contribution in [0.4, 0.5) is 5.82 Å². The minimum absolute atomic E-state index is 0.0820. The number of carboxylic acids is 1. The number of thiophene rings is 1. The van der Waals surface area contributed by atoms with Crippen molar-refractivity contribution in [3.8, 4) is 0 Å². The number of aromatic carboxylic acids is 1. The summed E-state index contributed by atoms with van der Waals surface area (Å²) in [5.74, 6) is -1.35. The molecule has 8 heteroatoms. The van der Waals surface area contributed by atoms with Gasteiger partial charge in [0.1, 0.15) is 5.69 Å². The van der Waals surface area contributed by atoms with Crippen LogP contribution in [-0.2, 0) is 4.79 Å². The third-order valence-electron chi connectivity index (χ3n) is 2.05. The number of halogens is 1. The fourth-order valence-corrected chi connectivity index (χ4v) is 2.57. The number of nitrogens with one attached hydrogen (secondary N) is 2. The molecule has 0 fully saturated rings. The van der Waals surface area contributed by atoms with Crippen molar-refractivity contribution in [2.75, 3.05) is 5.32 Å². The zero-order valence-electron chi connectivity index (χ0n) is 9.38. The Morgan fingerprint density at radius 2 is 2.26 bits per heavy atom. The van der Waals surface area contributed by atoms with Crippen molar-refractivity contribution < 1.29 is 14.7 Å². The topological polar surface area (TPSA) is 95.1 Å². The number of carbonyl (C=O) groups excluding carboxylic acids is 1. The minimum atomic E-state index is -1.13. The fraction of sp³-hybridized carbons (Fsp3) is 0. The van der Waals surface area contributed by atoms with Gasteiger partial charge >= 0.3 is 5.97 Å². The first kappa shape index (κ1) is 13.5. The van der Waals surface area contributed by atoms with Crippen LogP contribution in [0.3, 0.4) is 0 Å². The number of hydrogen-bond donors (Lipinski definition) is 3. The van der Waals surface area contributed by atoms with Gasteiger partial charge in [0.05, 0.1) is 3.79 Å². The van der Waals surface area contributed by atoms with Gasteiger partial charge in [-0.1, -0.05) is 0 Å². The van der Waals surface area contributed by atoms with E-state index in [0.29, 0.717) is 0 Å². The van der Waals surface area contributed by atoms with Crippen LogP contribution in [0, 0.1) is 0 Å². The molecule has 0 saturated heterocycles. The summed E-state index contributed by atoms with van der Waals surface area (Å²) in [6, 6.07) is 5.00. The molecule has 2 rings (SSSR count). The van der Waals surface area contributed by atoms with Crippen LogP contribution in [0.5, 0.6) is 0 Å². The van der Waals surface area contributed by atoms with E-state index >= 15 is 0 Å². The van der Waals surface area contributed by atoms with Gasteiger partial charge < -0.3 is 10.4 Å². The Morgan fingerprint density at radius 1 is 1.47 bits per heavy atom. The first-order valence-electron chi connectivity index (χ1n) is 5.08. The van der Waals surface area contributed by atoms with E-state index in [4.69, 9.17) is 5.11 Å². The van der Waals surface area contributed by atoms with Crippen molar-refractivity contribution in [3.05, 3.63) is 38.6 Å². The Bertz CT molecular complexity index is 647. The van der Waals surface area contributed by atoms with Crippen molar-refractivity contribution in [1.82, 2.24) is 10.2 Å². The highest BCUT2D eigenvalue weighted by molar-refractivity contribution is 9.11. The van der Waals surface area contributed by atoms with Crippen molar-refractivity contribution in [1.29, 1.82) is 0 Å². The Morgan fingerprint density at radius 3 is 2.84 bits per heavy atom. The summed E-state index contributed by atoms with van der Waals surface area (Å²) < 4.78 is 0.978. The Kier molecular flexibility index (Phi) is 4.13. The lowest BCUT2D eigenvalue weighted by atomic mass is 10.4. The quantitative estimate of drug-likeness (QED) is 0.744. The molecule has 98 valence electrons. The second-order valence-electron chi connectivity index (χ2n) is 3.44. The first-order chi connectivity index (χ1) is 9.04. The SMILES string of the molecule is O=C(/C=C/c1ccc(Br)s1)Nc1cc(C(=O)O)[nH]n1. The molecule has 0 atom stereocenters. The molecule has 0 saturated carbocycles. The molecule has 0 bridgehead atoms. The van der Waals surface area contributed by atoms with Crippen LogP contribution in [0.1, 0.15) is 15.4 Å². The lowest BCUT2D eigenvalue weighted by molar-refractivity contribution is -0.111.